The SMILES string of the molecule is CCc1ccc(O)c2ccn(Cc3ccccc3)c12. The summed E-state index contributed by atoms with van der Waals surface area (Å²) in [6.45, 7) is 2.98. The Balaban J connectivity index is 2.12. The van der Waals surface area contributed by atoms with Gasteiger partial charge in [-0.05, 0) is 29.7 Å². The van der Waals surface area contributed by atoms with E-state index in [1.54, 1.807) is 6.07 Å². The smallest absolute Gasteiger partial charge is 0.124 e. The van der Waals surface area contributed by atoms with E-state index in [2.05, 4.69) is 42.0 Å². The van der Waals surface area contributed by atoms with Crippen LogP contribution >= 0.6 is 0 Å². The predicted molar refractivity (Wildman–Crippen MR) is 78.5 cm³/mol. The highest BCUT2D eigenvalue weighted by atomic mass is 16.3. The van der Waals surface area contributed by atoms with Gasteiger partial charge in [0, 0.05) is 18.1 Å². The number of phenolic OH excluding ortho intramolecular Hbond substituents is 1. The molecule has 1 N–H and O–H groups in total. The number of phenols is 1. The van der Waals surface area contributed by atoms with Crippen molar-refractivity contribution in [2.24, 2.45) is 0 Å². The van der Waals surface area contributed by atoms with Crippen LogP contribution in [-0.2, 0) is 13.0 Å². The molecule has 0 aliphatic carbocycles. The predicted octanol–water partition coefficient (Wildman–Crippen LogP) is 3.96. The highest BCUT2D eigenvalue weighted by Crippen LogP contribution is 2.29. The normalized spacial score (nSPS) is 11.0. The molecule has 0 atom stereocenters. The first kappa shape index (κ1) is 11.8. The molecule has 1 heterocycles. The molecular weight excluding hydrogens is 234 g/mol. The summed E-state index contributed by atoms with van der Waals surface area (Å²) >= 11 is 0. The second-order valence-corrected chi connectivity index (χ2v) is 4.79. The molecule has 3 aromatic rings. The van der Waals surface area contributed by atoms with Crippen molar-refractivity contribution in [1.82, 2.24) is 4.57 Å². The zero-order valence-corrected chi connectivity index (χ0v) is 11.0. The van der Waals surface area contributed by atoms with Gasteiger partial charge >= 0.3 is 0 Å². The number of aromatic hydroxyl groups is 1. The number of rotatable bonds is 3. The molecule has 3 rings (SSSR count). The van der Waals surface area contributed by atoms with Gasteiger partial charge in [-0.3, -0.25) is 0 Å². The van der Waals surface area contributed by atoms with Gasteiger partial charge in [0.15, 0.2) is 0 Å². The fourth-order valence-electron chi connectivity index (χ4n) is 2.58. The number of aromatic nitrogens is 1. The number of hydrogen-bond acceptors (Lipinski definition) is 1. The molecule has 0 saturated heterocycles. The summed E-state index contributed by atoms with van der Waals surface area (Å²) < 4.78 is 2.21. The minimum Gasteiger partial charge on any atom is -0.507 e. The average Bonchev–Trinajstić information content (AvgIpc) is 2.86. The number of nitrogens with zero attached hydrogens (tertiary/aromatic N) is 1. The van der Waals surface area contributed by atoms with Gasteiger partial charge in [0.1, 0.15) is 5.75 Å². The van der Waals surface area contributed by atoms with Gasteiger partial charge in [-0.1, -0.05) is 43.3 Å². The van der Waals surface area contributed by atoms with Crippen LogP contribution in [0.25, 0.3) is 10.9 Å². The Labute approximate surface area is 112 Å². The molecule has 2 heteroatoms. The lowest BCUT2D eigenvalue weighted by Crippen LogP contribution is -1.99. The lowest BCUT2D eigenvalue weighted by Gasteiger charge is -2.09. The average molecular weight is 251 g/mol. The molecule has 0 aliphatic heterocycles. The van der Waals surface area contributed by atoms with Crippen molar-refractivity contribution in [1.29, 1.82) is 0 Å². The highest BCUT2D eigenvalue weighted by molar-refractivity contribution is 5.89. The van der Waals surface area contributed by atoms with Crippen molar-refractivity contribution >= 4 is 10.9 Å². The van der Waals surface area contributed by atoms with Gasteiger partial charge in [0.05, 0.1) is 5.52 Å². The Morgan fingerprint density at radius 1 is 1.00 bits per heavy atom. The molecule has 0 saturated carbocycles. The molecule has 0 unspecified atom stereocenters. The molecule has 1 aromatic heterocycles. The first-order valence-corrected chi connectivity index (χ1v) is 6.63. The zero-order valence-electron chi connectivity index (χ0n) is 11.0. The standard InChI is InChI=1S/C17H17NO/c1-2-14-8-9-16(19)15-10-11-18(17(14)15)12-13-6-4-3-5-7-13/h3-11,19H,2,12H2,1H3. The summed E-state index contributed by atoms with van der Waals surface area (Å²) in [4.78, 5) is 0. The Morgan fingerprint density at radius 3 is 2.53 bits per heavy atom. The molecule has 19 heavy (non-hydrogen) atoms. The highest BCUT2D eigenvalue weighted by Gasteiger charge is 2.09. The topological polar surface area (TPSA) is 25.2 Å². The third kappa shape index (κ3) is 2.10. The number of fused-ring (bicyclic) bond motifs is 1. The van der Waals surface area contributed by atoms with Crippen LogP contribution in [0.2, 0.25) is 0 Å². The van der Waals surface area contributed by atoms with Crippen molar-refractivity contribution < 1.29 is 5.11 Å². The van der Waals surface area contributed by atoms with Gasteiger partial charge in [-0.15, -0.1) is 0 Å². The van der Waals surface area contributed by atoms with Gasteiger partial charge in [-0.2, -0.15) is 0 Å². The molecule has 96 valence electrons. The number of aryl methyl sites for hydroxylation is 1. The van der Waals surface area contributed by atoms with E-state index in [1.807, 2.05) is 18.2 Å². The first-order valence-electron chi connectivity index (χ1n) is 6.63. The van der Waals surface area contributed by atoms with Gasteiger partial charge in [-0.25, -0.2) is 0 Å². The quantitative estimate of drug-likeness (QED) is 0.749. The van der Waals surface area contributed by atoms with Crippen molar-refractivity contribution in [3.05, 3.63) is 65.9 Å². The Bertz CT molecular complexity index is 698. The fraction of sp³-hybridized carbons (Fsp3) is 0.176. The summed E-state index contributed by atoms with van der Waals surface area (Å²) in [5.74, 6) is 0.360. The van der Waals surface area contributed by atoms with Crippen LogP contribution in [0.1, 0.15) is 18.1 Å². The molecule has 0 fully saturated rings. The summed E-state index contributed by atoms with van der Waals surface area (Å²) in [5.41, 5.74) is 3.69. The molecule has 0 radical (unpaired) electrons. The maximum absolute atomic E-state index is 9.96. The van der Waals surface area contributed by atoms with E-state index >= 15 is 0 Å². The van der Waals surface area contributed by atoms with Crippen LogP contribution in [0.4, 0.5) is 0 Å². The van der Waals surface area contributed by atoms with Gasteiger partial charge in [0.25, 0.3) is 0 Å². The summed E-state index contributed by atoms with van der Waals surface area (Å²) in [6, 6.07) is 16.2. The van der Waals surface area contributed by atoms with Crippen molar-refractivity contribution in [3.63, 3.8) is 0 Å². The fourth-order valence-corrected chi connectivity index (χ4v) is 2.58. The molecular formula is C17H17NO. The van der Waals surface area contributed by atoms with E-state index < -0.39 is 0 Å². The molecule has 0 amide bonds. The largest absolute Gasteiger partial charge is 0.507 e. The molecule has 2 nitrogen and oxygen atoms in total. The van der Waals surface area contributed by atoms with E-state index in [9.17, 15) is 5.11 Å². The molecule has 0 spiro atoms. The maximum atomic E-state index is 9.96. The lowest BCUT2D eigenvalue weighted by molar-refractivity contribution is 0.481. The van der Waals surface area contributed by atoms with E-state index in [-0.39, 0.29) is 0 Å². The van der Waals surface area contributed by atoms with Crippen LogP contribution < -0.4 is 0 Å². The summed E-state index contributed by atoms with van der Waals surface area (Å²) in [6.07, 6.45) is 3.02. The van der Waals surface area contributed by atoms with Crippen molar-refractivity contribution in [2.45, 2.75) is 19.9 Å². The van der Waals surface area contributed by atoms with Crippen LogP contribution in [0.15, 0.2) is 54.7 Å². The number of hydrogen-bond donors (Lipinski definition) is 1. The maximum Gasteiger partial charge on any atom is 0.124 e. The molecule has 2 aromatic carbocycles. The number of benzene rings is 2. The zero-order chi connectivity index (χ0) is 13.2. The van der Waals surface area contributed by atoms with Crippen molar-refractivity contribution in [3.8, 4) is 5.75 Å². The van der Waals surface area contributed by atoms with E-state index in [0.717, 1.165) is 23.9 Å². The van der Waals surface area contributed by atoms with Crippen LogP contribution in [0.5, 0.6) is 5.75 Å². The van der Waals surface area contributed by atoms with Gasteiger partial charge < -0.3 is 9.67 Å². The summed E-state index contributed by atoms with van der Waals surface area (Å²) in [7, 11) is 0. The Morgan fingerprint density at radius 2 is 1.79 bits per heavy atom. The van der Waals surface area contributed by atoms with E-state index in [1.165, 1.54) is 11.1 Å². The van der Waals surface area contributed by atoms with E-state index in [4.69, 9.17) is 0 Å². The Kier molecular flexibility index (Phi) is 3.00. The van der Waals surface area contributed by atoms with E-state index in [0.29, 0.717) is 5.75 Å². The third-order valence-corrected chi connectivity index (χ3v) is 3.56. The van der Waals surface area contributed by atoms with Gasteiger partial charge in [0.2, 0.25) is 0 Å². The third-order valence-electron chi connectivity index (χ3n) is 3.56. The van der Waals surface area contributed by atoms with Crippen LogP contribution in [0, 0.1) is 0 Å². The lowest BCUT2D eigenvalue weighted by atomic mass is 10.1. The molecule has 0 aliphatic rings. The van der Waals surface area contributed by atoms with Crippen LogP contribution in [-0.4, -0.2) is 9.67 Å². The first-order chi connectivity index (χ1) is 9.29. The minimum absolute atomic E-state index is 0.360. The second kappa shape index (κ2) is 4.81. The minimum atomic E-state index is 0.360. The van der Waals surface area contributed by atoms with Crippen LogP contribution in [0.3, 0.4) is 0 Å². The Hall–Kier alpha value is -2.22. The molecule has 0 bridgehead atoms. The summed E-state index contributed by atoms with van der Waals surface area (Å²) in [5, 5.41) is 10.9. The monoisotopic (exact) mass is 251 g/mol. The second-order valence-electron chi connectivity index (χ2n) is 4.79. The van der Waals surface area contributed by atoms with Crippen molar-refractivity contribution in [2.75, 3.05) is 0 Å².